The molecule has 0 radical (unpaired) electrons. The van der Waals surface area contributed by atoms with Crippen LogP contribution in [0.5, 0.6) is 5.75 Å². The van der Waals surface area contributed by atoms with Gasteiger partial charge in [0.15, 0.2) is 11.6 Å². The Labute approximate surface area is 115 Å². The molecule has 106 valence electrons. The molecule has 2 nitrogen and oxygen atoms in total. The zero-order chi connectivity index (χ0) is 13.9. The van der Waals surface area contributed by atoms with Crippen LogP contribution in [0, 0.1) is 11.7 Å². The number of hydrogen-bond donors (Lipinski definition) is 1. The van der Waals surface area contributed by atoms with Gasteiger partial charge in [-0.15, -0.1) is 0 Å². The van der Waals surface area contributed by atoms with E-state index in [2.05, 4.69) is 6.92 Å². The van der Waals surface area contributed by atoms with Crippen LogP contribution in [0.3, 0.4) is 0 Å². The second-order valence-corrected chi connectivity index (χ2v) is 5.86. The van der Waals surface area contributed by atoms with Crippen molar-refractivity contribution in [2.45, 2.75) is 51.0 Å². The summed E-state index contributed by atoms with van der Waals surface area (Å²) in [4.78, 5) is 0. The van der Waals surface area contributed by atoms with Gasteiger partial charge in [-0.2, -0.15) is 0 Å². The molecule has 0 atom stereocenters. The van der Waals surface area contributed by atoms with Gasteiger partial charge in [0.1, 0.15) is 0 Å². The van der Waals surface area contributed by atoms with Crippen LogP contribution in [-0.4, -0.2) is 12.6 Å². The lowest BCUT2D eigenvalue weighted by molar-refractivity contribution is 0.228. The summed E-state index contributed by atoms with van der Waals surface area (Å²) in [6.45, 7) is 2.24. The second kappa shape index (κ2) is 5.91. The zero-order valence-electron chi connectivity index (χ0n) is 11.9. The van der Waals surface area contributed by atoms with Crippen molar-refractivity contribution < 1.29 is 9.13 Å². The Morgan fingerprint density at radius 2 is 2.05 bits per heavy atom. The largest absolute Gasteiger partial charge is 0.494 e. The van der Waals surface area contributed by atoms with E-state index in [4.69, 9.17) is 10.5 Å². The predicted molar refractivity (Wildman–Crippen MR) is 75.8 cm³/mol. The van der Waals surface area contributed by atoms with E-state index in [1.165, 1.54) is 26.4 Å². The number of hydrogen-bond acceptors (Lipinski definition) is 2. The smallest absolute Gasteiger partial charge is 0.165 e. The lowest BCUT2D eigenvalue weighted by Crippen LogP contribution is -2.45. The Kier molecular flexibility index (Phi) is 4.46. The predicted octanol–water partition coefficient (Wildman–Crippen LogP) is 3.67. The Bertz CT molecular complexity index is 425. The normalized spacial score (nSPS) is 27.3. The lowest BCUT2D eigenvalue weighted by atomic mass is 9.73. The Morgan fingerprint density at radius 1 is 1.37 bits per heavy atom. The fourth-order valence-electron chi connectivity index (χ4n) is 3.06. The molecular formula is C16H24FNO. The molecule has 1 fully saturated rings. The molecule has 0 saturated heterocycles. The van der Waals surface area contributed by atoms with Crippen LogP contribution in [0.4, 0.5) is 4.39 Å². The van der Waals surface area contributed by atoms with Crippen LogP contribution in [-0.2, 0) is 6.42 Å². The highest BCUT2D eigenvalue weighted by Crippen LogP contribution is 2.34. The van der Waals surface area contributed by atoms with E-state index in [1.807, 2.05) is 6.07 Å². The average molecular weight is 265 g/mol. The average Bonchev–Trinajstić information content (AvgIpc) is 2.39. The molecule has 0 aromatic heterocycles. The summed E-state index contributed by atoms with van der Waals surface area (Å²) in [5.74, 6) is 0.819. The third kappa shape index (κ3) is 3.47. The van der Waals surface area contributed by atoms with Crippen molar-refractivity contribution >= 4 is 0 Å². The van der Waals surface area contributed by atoms with Gasteiger partial charge in [-0.25, -0.2) is 4.39 Å². The molecule has 3 heteroatoms. The molecule has 1 aliphatic carbocycles. The van der Waals surface area contributed by atoms with E-state index in [-0.39, 0.29) is 11.4 Å². The number of halogens is 1. The van der Waals surface area contributed by atoms with E-state index < -0.39 is 0 Å². The van der Waals surface area contributed by atoms with Gasteiger partial charge >= 0.3 is 0 Å². The first kappa shape index (κ1) is 14.3. The molecule has 19 heavy (non-hydrogen) atoms. The van der Waals surface area contributed by atoms with Gasteiger partial charge in [-0.3, -0.25) is 0 Å². The maximum atomic E-state index is 13.7. The summed E-state index contributed by atoms with van der Waals surface area (Å²) in [7, 11) is 1.48. The van der Waals surface area contributed by atoms with Crippen molar-refractivity contribution in [2.24, 2.45) is 11.7 Å². The van der Waals surface area contributed by atoms with E-state index in [0.29, 0.717) is 5.75 Å². The van der Waals surface area contributed by atoms with Crippen molar-refractivity contribution in [1.29, 1.82) is 0 Å². The number of ether oxygens (including phenoxy) is 1. The van der Waals surface area contributed by atoms with E-state index in [0.717, 1.165) is 30.7 Å². The van der Waals surface area contributed by atoms with Crippen molar-refractivity contribution in [3.8, 4) is 5.75 Å². The summed E-state index contributed by atoms with van der Waals surface area (Å²) in [5, 5.41) is 0. The van der Waals surface area contributed by atoms with Gasteiger partial charge in [0, 0.05) is 5.54 Å². The minimum Gasteiger partial charge on any atom is -0.494 e. The van der Waals surface area contributed by atoms with Gasteiger partial charge in [0.25, 0.3) is 0 Å². The third-order valence-electron chi connectivity index (χ3n) is 4.45. The number of rotatable bonds is 4. The highest BCUT2D eigenvalue weighted by Gasteiger charge is 2.31. The molecule has 1 saturated carbocycles. The van der Waals surface area contributed by atoms with Crippen LogP contribution in [0.2, 0.25) is 0 Å². The van der Waals surface area contributed by atoms with E-state index in [9.17, 15) is 4.39 Å². The quantitative estimate of drug-likeness (QED) is 0.901. The lowest BCUT2D eigenvalue weighted by Gasteiger charge is -2.37. The highest BCUT2D eigenvalue weighted by atomic mass is 19.1. The molecule has 0 spiro atoms. The molecule has 2 rings (SSSR count). The number of methoxy groups -OCH3 is 1. The van der Waals surface area contributed by atoms with Crippen molar-refractivity contribution in [3.05, 3.63) is 29.6 Å². The molecule has 2 N–H and O–H groups in total. The van der Waals surface area contributed by atoms with Crippen molar-refractivity contribution in [2.75, 3.05) is 7.11 Å². The molecule has 1 aliphatic rings. The Morgan fingerprint density at radius 3 is 2.58 bits per heavy atom. The maximum absolute atomic E-state index is 13.7. The zero-order valence-corrected chi connectivity index (χ0v) is 11.9. The first-order valence-electron chi connectivity index (χ1n) is 7.17. The highest BCUT2D eigenvalue weighted by molar-refractivity contribution is 5.30. The van der Waals surface area contributed by atoms with Gasteiger partial charge in [-0.1, -0.05) is 19.4 Å². The van der Waals surface area contributed by atoms with Gasteiger partial charge < -0.3 is 10.5 Å². The first-order valence-corrected chi connectivity index (χ1v) is 7.17. The van der Waals surface area contributed by atoms with Gasteiger partial charge in [0.2, 0.25) is 0 Å². The number of nitrogens with two attached hydrogens (primary N) is 1. The molecule has 0 heterocycles. The maximum Gasteiger partial charge on any atom is 0.165 e. The molecule has 0 bridgehead atoms. The van der Waals surface area contributed by atoms with Crippen LogP contribution in [0.25, 0.3) is 0 Å². The molecule has 0 amide bonds. The SMILES string of the molecule is CCC1CCC(N)(Cc2ccc(OC)c(F)c2)CC1. The number of benzene rings is 1. The van der Waals surface area contributed by atoms with Crippen LogP contribution in [0.15, 0.2) is 18.2 Å². The third-order valence-corrected chi connectivity index (χ3v) is 4.45. The Balaban J connectivity index is 2.02. The summed E-state index contributed by atoms with van der Waals surface area (Å²) < 4.78 is 18.6. The molecular weight excluding hydrogens is 241 g/mol. The summed E-state index contributed by atoms with van der Waals surface area (Å²) in [5.41, 5.74) is 7.28. The summed E-state index contributed by atoms with van der Waals surface area (Å²) in [6, 6.07) is 5.16. The topological polar surface area (TPSA) is 35.2 Å². The Hall–Kier alpha value is -1.09. The van der Waals surface area contributed by atoms with Gasteiger partial charge in [-0.05, 0) is 55.7 Å². The molecule has 0 unspecified atom stereocenters. The fraction of sp³-hybridized carbons (Fsp3) is 0.625. The molecule has 0 aliphatic heterocycles. The second-order valence-electron chi connectivity index (χ2n) is 5.86. The summed E-state index contributed by atoms with van der Waals surface area (Å²) in [6.07, 6.45) is 6.48. The first-order chi connectivity index (χ1) is 9.06. The standard InChI is InChI=1S/C16H24FNO/c1-3-12-6-8-16(18,9-7-12)11-13-4-5-15(19-2)14(17)10-13/h4-5,10,12H,3,6-9,11,18H2,1-2H3. The van der Waals surface area contributed by atoms with Crippen molar-refractivity contribution in [1.82, 2.24) is 0 Å². The summed E-state index contributed by atoms with van der Waals surface area (Å²) >= 11 is 0. The fourth-order valence-corrected chi connectivity index (χ4v) is 3.06. The monoisotopic (exact) mass is 265 g/mol. The van der Waals surface area contributed by atoms with E-state index in [1.54, 1.807) is 12.1 Å². The minimum absolute atomic E-state index is 0.160. The van der Waals surface area contributed by atoms with Crippen LogP contribution >= 0.6 is 0 Å². The van der Waals surface area contributed by atoms with Crippen LogP contribution < -0.4 is 10.5 Å². The molecule has 1 aromatic carbocycles. The van der Waals surface area contributed by atoms with Crippen molar-refractivity contribution in [3.63, 3.8) is 0 Å². The van der Waals surface area contributed by atoms with Gasteiger partial charge in [0.05, 0.1) is 7.11 Å². The minimum atomic E-state index is -0.300. The molecule has 1 aromatic rings. The van der Waals surface area contributed by atoms with E-state index >= 15 is 0 Å². The van der Waals surface area contributed by atoms with Crippen LogP contribution in [0.1, 0.15) is 44.6 Å².